The minimum absolute atomic E-state index is 0. The van der Waals surface area contributed by atoms with Crippen molar-refractivity contribution in [2.75, 3.05) is 31.2 Å². The van der Waals surface area contributed by atoms with Crippen LogP contribution in [0.25, 0.3) is 0 Å². The van der Waals surface area contributed by atoms with Crippen molar-refractivity contribution < 1.29 is 19.1 Å². The van der Waals surface area contributed by atoms with Crippen LogP contribution in [0.15, 0.2) is 18.2 Å². The van der Waals surface area contributed by atoms with E-state index in [0.29, 0.717) is 50.1 Å². The lowest BCUT2D eigenvalue weighted by Crippen LogP contribution is -2.43. The van der Waals surface area contributed by atoms with Crippen molar-refractivity contribution in [1.82, 2.24) is 5.32 Å². The predicted molar refractivity (Wildman–Crippen MR) is 98.8 cm³/mol. The second kappa shape index (κ2) is 7.72. The Bertz CT molecular complexity index is 695. The number of carbonyl (C=O) groups excluding carboxylic acids is 2. The Morgan fingerprint density at radius 1 is 1.23 bits per heavy atom. The molecule has 26 heavy (non-hydrogen) atoms. The molecule has 1 aromatic carbocycles. The molecule has 3 aliphatic rings. The maximum atomic E-state index is 12.7. The third-order valence-electron chi connectivity index (χ3n) is 5.10. The highest BCUT2D eigenvalue weighted by molar-refractivity contribution is 6.09. The Kier molecular flexibility index (Phi) is 5.58. The number of fused-ring (bicyclic) bond motifs is 1. The zero-order valence-corrected chi connectivity index (χ0v) is 15.3. The van der Waals surface area contributed by atoms with Gasteiger partial charge in [0.2, 0.25) is 11.8 Å². The van der Waals surface area contributed by atoms with Crippen LogP contribution in [0.1, 0.15) is 19.3 Å². The van der Waals surface area contributed by atoms with E-state index in [0.717, 1.165) is 18.5 Å². The number of nitrogens with one attached hydrogen (secondary N) is 1. The van der Waals surface area contributed by atoms with Gasteiger partial charge in [-0.3, -0.25) is 9.59 Å². The van der Waals surface area contributed by atoms with Gasteiger partial charge in [-0.05, 0) is 37.3 Å². The second-order valence-electron chi connectivity index (χ2n) is 6.91. The molecule has 0 bridgehead atoms. The smallest absolute Gasteiger partial charge is 0.239 e. The topological polar surface area (TPSA) is 93.9 Å². The van der Waals surface area contributed by atoms with Gasteiger partial charge in [0.05, 0.1) is 0 Å². The molecule has 2 heterocycles. The molecule has 0 spiro atoms. The number of ether oxygens (including phenoxy) is 2. The maximum absolute atomic E-state index is 12.7. The number of rotatable bonds is 5. The molecule has 1 saturated heterocycles. The molecule has 3 N–H and O–H groups in total. The van der Waals surface area contributed by atoms with Crippen molar-refractivity contribution in [3.63, 3.8) is 0 Å². The fourth-order valence-corrected chi connectivity index (χ4v) is 3.41. The first-order valence-electron chi connectivity index (χ1n) is 8.88. The number of anilines is 1. The molecule has 1 aromatic rings. The van der Waals surface area contributed by atoms with E-state index >= 15 is 0 Å². The summed E-state index contributed by atoms with van der Waals surface area (Å²) in [6, 6.07) is 5.43. The molecule has 7 nitrogen and oxygen atoms in total. The molecule has 2 fully saturated rings. The van der Waals surface area contributed by atoms with Crippen molar-refractivity contribution in [1.29, 1.82) is 0 Å². The van der Waals surface area contributed by atoms with Crippen molar-refractivity contribution >= 4 is 29.9 Å². The largest absolute Gasteiger partial charge is 0.486 e. The van der Waals surface area contributed by atoms with E-state index in [-0.39, 0.29) is 30.3 Å². The van der Waals surface area contributed by atoms with Gasteiger partial charge >= 0.3 is 0 Å². The number of nitrogens with two attached hydrogens (primary N) is 1. The quantitative estimate of drug-likeness (QED) is 0.744. The van der Waals surface area contributed by atoms with Gasteiger partial charge in [-0.2, -0.15) is 0 Å². The minimum Gasteiger partial charge on any atom is -0.486 e. The molecule has 4 rings (SSSR count). The molecule has 1 aliphatic carbocycles. The van der Waals surface area contributed by atoms with Gasteiger partial charge in [0.1, 0.15) is 19.1 Å². The van der Waals surface area contributed by atoms with Gasteiger partial charge in [0.25, 0.3) is 0 Å². The average molecular weight is 382 g/mol. The Labute approximate surface area is 158 Å². The van der Waals surface area contributed by atoms with Crippen molar-refractivity contribution in [2.24, 2.45) is 17.6 Å². The molecule has 0 aromatic heterocycles. The number of amides is 2. The van der Waals surface area contributed by atoms with E-state index in [4.69, 9.17) is 15.2 Å². The van der Waals surface area contributed by atoms with Crippen LogP contribution in [0.3, 0.4) is 0 Å². The zero-order chi connectivity index (χ0) is 17.4. The van der Waals surface area contributed by atoms with Crippen molar-refractivity contribution in [2.45, 2.75) is 25.3 Å². The first kappa shape index (κ1) is 18.8. The zero-order valence-electron chi connectivity index (χ0n) is 14.5. The van der Waals surface area contributed by atoms with E-state index in [1.165, 1.54) is 0 Å². The molecule has 2 aliphatic heterocycles. The molecule has 0 radical (unpaired) electrons. The lowest BCUT2D eigenvalue weighted by Gasteiger charge is -2.22. The summed E-state index contributed by atoms with van der Waals surface area (Å²) in [4.78, 5) is 26.7. The van der Waals surface area contributed by atoms with Crippen LogP contribution in [0.5, 0.6) is 11.5 Å². The highest BCUT2D eigenvalue weighted by Crippen LogP contribution is 2.36. The summed E-state index contributed by atoms with van der Waals surface area (Å²) >= 11 is 0. The number of carbonyl (C=O) groups is 2. The summed E-state index contributed by atoms with van der Waals surface area (Å²) in [6.45, 7) is 1.99. The molecule has 2 amide bonds. The van der Waals surface area contributed by atoms with E-state index < -0.39 is 5.92 Å². The highest BCUT2D eigenvalue weighted by atomic mass is 35.5. The summed E-state index contributed by atoms with van der Waals surface area (Å²) in [6.07, 6.45) is 2.78. The average Bonchev–Trinajstić information content (AvgIpc) is 3.41. The summed E-state index contributed by atoms with van der Waals surface area (Å²) < 4.78 is 11.1. The van der Waals surface area contributed by atoms with Gasteiger partial charge < -0.3 is 25.4 Å². The number of hydrogen-bond donors (Lipinski definition) is 2. The normalized spacial score (nSPS) is 22.6. The standard InChI is InChI=1S/C18H23N3O4.ClH/c19-14(11-1-2-11)10-20-17(22)13-5-6-21(18(13)23)12-3-4-15-16(9-12)25-8-7-24-15;/h3-4,9,11,13-14H,1-2,5-8,10,19H2,(H,20,22);1H. The molecule has 2 atom stereocenters. The van der Waals surface area contributed by atoms with Crippen LogP contribution >= 0.6 is 12.4 Å². The lowest BCUT2D eigenvalue weighted by atomic mass is 10.1. The monoisotopic (exact) mass is 381 g/mol. The highest BCUT2D eigenvalue weighted by Gasteiger charge is 2.38. The van der Waals surface area contributed by atoms with Gasteiger partial charge in [0, 0.05) is 30.9 Å². The molecular weight excluding hydrogens is 358 g/mol. The predicted octanol–water partition coefficient (Wildman–Crippen LogP) is 1.09. The van der Waals surface area contributed by atoms with Crippen LogP contribution in [0.2, 0.25) is 0 Å². The fraction of sp³-hybridized carbons (Fsp3) is 0.556. The van der Waals surface area contributed by atoms with Crippen LogP contribution in [-0.4, -0.2) is 44.2 Å². The third kappa shape index (κ3) is 3.73. The van der Waals surface area contributed by atoms with Crippen LogP contribution in [0, 0.1) is 11.8 Å². The maximum Gasteiger partial charge on any atom is 0.239 e. The van der Waals surface area contributed by atoms with Gasteiger partial charge in [-0.15, -0.1) is 12.4 Å². The number of hydrogen-bond acceptors (Lipinski definition) is 5. The first-order valence-corrected chi connectivity index (χ1v) is 8.88. The number of benzene rings is 1. The summed E-state index contributed by atoms with van der Waals surface area (Å²) in [5.74, 6) is 0.813. The number of halogens is 1. The Morgan fingerprint density at radius 2 is 1.96 bits per heavy atom. The third-order valence-corrected chi connectivity index (χ3v) is 5.10. The fourth-order valence-electron chi connectivity index (χ4n) is 3.41. The minimum atomic E-state index is -0.639. The van der Waals surface area contributed by atoms with Gasteiger partial charge in [0.15, 0.2) is 11.5 Å². The summed E-state index contributed by atoms with van der Waals surface area (Å²) in [5, 5.41) is 2.84. The van der Waals surface area contributed by atoms with Crippen molar-refractivity contribution in [3.05, 3.63) is 18.2 Å². The van der Waals surface area contributed by atoms with Crippen LogP contribution in [0.4, 0.5) is 5.69 Å². The van der Waals surface area contributed by atoms with E-state index in [2.05, 4.69) is 5.32 Å². The molecule has 2 unspecified atom stereocenters. The van der Waals surface area contributed by atoms with E-state index in [9.17, 15) is 9.59 Å². The molecule has 8 heteroatoms. The Hall–Kier alpha value is -1.99. The Morgan fingerprint density at radius 3 is 2.69 bits per heavy atom. The molecular formula is C18H24ClN3O4. The number of nitrogens with zero attached hydrogens (tertiary/aromatic N) is 1. The lowest BCUT2D eigenvalue weighted by molar-refractivity contribution is -0.132. The van der Waals surface area contributed by atoms with Crippen molar-refractivity contribution in [3.8, 4) is 11.5 Å². The Balaban J connectivity index is 0.00000196. The van der Waals surface area contributed by atoms with E-state index in [1.807, 2.05) is 6.07 Å². The summed E-state index contributed by atoms with van der Waals surface area (Å²) in [5.41, 5.74) is 6.74. The van der Waals surface area contributed by atoms with E-state index in [1.54, 1.807) is 17.0 Å². The summed E-state index contributed by atoms with van der Waals surface area (Å²) in [7, 11) is 0. The molecule has 142 valence electrons. The van der Waals surface area contributed by atoms with Crippen LogP contribution in [-0.2, 0) is 9.59 Å². The first-order chi connectivity index (χ1) is 12.1. The second-order valence-corrected chi connectivity index (χ2v) is 6.91. The van der Waals surface area contributed by atoms with Crippen LogP contribution < -0.4 is 25.4 Å². The van der Waals surface area contributed by atoms with Gasteiger partial charge in [-0.25, -0.2) is 0 Å². The molecule has 1 saturated carbocycles. The SMILES string of the molecule is Cl.NC(CNC(=O)C1CCN(c2ccc3c(c2)OCCO3)C1=O)C1CC1. The van der Waals surface area contributed by atoms with Gasteiger partial charge in [-0.1, -0.05) is 0 Å².